The zero-order valence-electron chi connectivity index (χ0n) is 13.4. The van der Waals surface area contributed by atoms with Crippen molar-refractivity contribution in [3.63, 3.8) is 0 Å². The lowest BCUT2D eigenvalue weighted by atomic mass is 10.1. The molecule has 24 heavy (non-hydrogen) atoms. The van der Waals surface area contributed by atoms with Crippen molar-refractivity contribution >= 4 is 11.6 Å². The van der Waals surface area contributed by atoms with E-state index in [2.05, 4.69) is 5.32 Å². The number of hydrogen-bond donors (Lipinski definition) is 1. The Morgan fingerprint density at radius 2 is 1.88 bits per heavy atom. The molecule has 0 heterocycles. The lowest BCUT2D eigenvalue weighted by Gasteiger charge is -2.16. The highest BCUT2D eigenvalue weighted by atomic mass is 19.4. The number of carbonyl (C=O) groups is 1. The molecule has 0 saturated carbocycles. The number of rotatable bonds is 5. The molecule has 0 spiro atoms. The van der Waals surface area contributed by atoms with Gasteiger partial charge in [-0.1, -0.05) is 36.8 Å². The minimum atomic E-state index is -4.49. The molecular formula is C18H18F3NO2. The van der Waals surface area contributed by atoms with E-state index in [1.54, 1.807) is 44.2 Å². The van der Waals surface area contributed by atoms with Crippen LogP contribution in [0.2, 0.25) is 0 Å². The van der Waals surface area contributed by atoms with Crippen LogP contribution in [-0.4, -0.2) is 5.91 Å². The maximum atomic E-state index is 13.1. The highest BCUT2D eigenvalue weighted by Crippen LogP contribution is 2.37. The van der Waals surface area contributed by atoms with E-state index in [1.165, 1.54) is 6.07 Å². The minimum Gasteiger partial charge on any atom is -0.488 e. The zero-order chi connectivity index (χ0) is 17.7. The summed E-state index contributed by atoms with van der Waals surface area (Å²) in [5.41, 5.74) is 0.834. The lowest BCUT2D eigenvalue weighted by Crippen LogP contribution is -2.13. The van der Waals surface area contributed by atoms with Gasteiger partial charge in [0.2, 0.25) is 5.91 Å². The Morgan fingerprint density at radius 3 is 2.54 bits per heavy atom. The predicted molar refractivity (Wildman–Crippen MR) is 85.9 cm³/mol. The zero-order valence-corrected chi connectivity index (χ0v) is 13.4. The van der Waals surface area contributed by atoms with E-state index in [1.807, 2.05) is 0 Å². The van der Waals surface area contributed by atoms with Crippen LogP contribution in [0.25, 0.3) is 0 Å². The Balaban J connectivity index is 2.22. The molecule has 0 aliphatic rings. The molecule has 0 unspecified atom stereocenters. The average molecular weight is 337 g/mol. The number of alkyl halides is 3. The summed E-state index contributed by atoms with van der Waals surface area (Å²) in [6.07, 6.45) is -4.18. The topological polar surface area (TPSA) is 38.3 Å². The summed E-state index contributed by atoms with van der Waals surface area (Å²) in [6, 6.07) is 10.8. The average Bonchev–Trinajstić information content (AvgIpc) is 2.54. The quantitative estimate of drug-likeness (QED) is 0.839. The Bertz CT molecular complexity index is 726. The van der Waals surface area contributed by atoms with Crippen LogP contribution in [0.3, 0.4) is 0 Å². The fourth-order valence-corrected chi connectivity index (χ4v) is 2.15. The standard InChI is InChI=1S/C18H18F3NO2/c1-3-17(23)22-15-7-5-4-6-13(15)11-24-16-9-8-12(2)10-14(16)18(19,20)21/h4-10H,3,11H2,1-2H3,(H,22,23). The van der Waals surface area contributed by atoms with Gasteiger partial charge >= 0.3 is 6.18 Å². The molecular weight excluding hydrogens is 319 g/mol. The van der Waals surface area contributed by atoms with Crippen molar-refractivity contribution in [1.82, 2.24) is 0 Å². The van der Waals surface area contributed by atoms with Crippen molar-refractivity contribution in [2.24, 2.45) is 0 Å². The van der Waals surface area contributed by atoms with Gasteiger partial charge in [-0.15, -0.1) is 0 Å². The summed E-state index contributed by atoms with van der Waals surface area (Å²) < 4.78 is 44.7. The molecule has 0 atom stereocenters. The van der Waals surface area contributed by atoms with Crippen LogP contribution in [0.1, 0.15) is 30.0 Å². The molecule has 0 bridgehead atoms. The van der Waals surface area contributed by atoms with Crippen LogP contribution in [0.4, 0.5) is 18.9 Å². The number of halogens is 3. The van der Waals surface area contributed by atoms with Crippen molar-refractivity contribution in [2.75, 3.05) is 5.32 Å². The number of anilines is 1. The van der Waals surface area contributed by atoms with Gasteiger partial charge in [-0.2, -0.15) is 13.2 Å². The van der Waals surface area contributed by atoms with Gasteiger partial charge in [0, 0.05) is 17.7 Å². The molecule has 0 aliphatic carbocycles. The third-order valence-corrected chi connectivity index (χ3v) is 3.44. The van der Waals surface area contributed by atoms with Gasteiger partial charge in [0.1, 0.15) is 12.4 Å². The number of hydrogen-bond acceptors (Lipinski definition) is 2. The Labute approximate surface area is 138 Å². The maximum Gasteiger partial charge on any atom is 0.419 e. The SMILES string of the molecule is CCC(=O)Nc1ccccc1COc1ccc(C)cc1C(F)(F)F. The lowest BCUT2D eigenvalue weighted by molar-refractivity contribution is -0.139. The first-order valence-corrected chi connectivity index (χ1v) is 7.49. The minimum absolute atomic E-state index is 0.0771. The number of amides is 1. The first-order valence-electron chi connectivity index (χ1n) is 7.49. The maximum absolute atomic E-state index is 13.1. The van der Waals surface area contributed by atoms with E-state index < -0.39 is 11.7 Å². The Morgan fingerprint density at radius 1 is 1.17 bits per heavy atom. The highest BCUT2D eigenvalue weighted by molar-refractivity contribution is 5.91. The molecule has 2 aromatic carbocycles. The number of benzene rings is 2. The number of para-hydroxylation sites is 1. The number of carbonyl (C=O) groups excluding carboxylic acids is 1. The second-order valence-electron chi connectivity index (χ2n) is 5.34. The van der Waals surface area contributed by atoms with Crippen LogP contribution in [0.15, 0.2) is 42.5 Å². The summed E-state index contributed by atoms with van der Waals surface area (Å²) in [7, 11) is 0. The van der Waals surface area contributed by atoms with Crippen molar-refractivity contribution in [2.45, 2.75) is 33.1 Å². The van der Waals surface area contributed by atoms with Gasteiger partial charge in [-0.3, -0.25) is 4.79 Å². The fourth-order valence-electron chi connectivity index (χ4n) is 2.15. The largest absolute Gasteiger partial charge is 0.488 e. The van der Waals surface area contributed by atoms with E-state index in [0.29, 0.717) is 23.2 Å². The smallest absolute Gasteiger partial charge is 0.419 e. The third-order valence-electron chi connectivity index (χ3n) is 3.44. The molecule has 128 valence electrons. The van der Waals surface area contributed by atoms with E-state index in [-0.39, 0.29) is 18.3 Å². The Kier molecular flexibility index (Phi) is 5.49. The molecule has 6 heteroatoms. The van der Waals surface area contributed by atoms with Gasteiger partial charge in [0.15, 0.2) is 0 Å². The van der Waals surface area contributed by atoms with E-state index in [9.17, 15) is 18.0 Å². The Hall–Kier alpha value is -2.50. The first-order chi connectivity index (χ1) is 11.3. The number of nitrogens with one attached hydrogen (secondary N) is 1. The van der Waals surface area contributed by atoms with Crippen LogP contribution in [0, 0.1) is 6.92 Å². The molecule has 1 amide bonds. The van der Waals surface area contributed by atoms with Crippen LogP contribution < -0.4 is 10.1 Å². The second-order valence-corrected chi connectivity index (χ2v) is 5.34. The summed E-state index contributed by atoms with van der Waals surface area (Å²) in [4.78, 5) is 11.5. The monoisotopic (exact) mass is 337 g/mol. The molecule has 0 radical (unpaired) electrons. The van der Waals surface area contributed by atoms with Crippen molar-refractivity contribution < 1.29 is 22.7 Å². The van der Waals surface area contributed by atoms with Gasteiger partial charge in [-0.05, 0) is 25.1 Å². The fraction of sp³-hybridized carbons (Fsp3) is 0.278. The van der Waals surface area contributed by atoms with Crippen LogP contribution in [-0.2, 0) is 17.6 Å². The number of aryl methyl sites for hydroxylation is 1. The number of ether oxygens (including phenoxy) is 1. The molecule has 2 rings (SSSR count). The molecule has 0 fully saturated rings. The van der Waals surface area contributed by atoms with Crippen molar-refractivity contribution in [3.05, 3.63) is 59.2 Å². The molecule has 1 N–H and O–H groups in total. The molecule has 0 saturated heterocycles. The van der Waals surface area contributed by atoms with Crippen molar-refractivity contribution in [3.8, 4) is 5.75 Å². The van der Waals surface area contributed by atoms with Gasteiger partial charge < -0.3 is 10.1 Å². The van der Waals surface area contributed by atoms with E-state index in [0.717, 1.165) is 6.07 Å². The summed E-state index contributed by atoms with van der Waals surface area (Å²) >= 11 is 0. The predicted octanol–water partition coefficient (Wildman–Crippen LogP) is 4.94. The third kappa shape index (κ3) is 4.50. The van der Waals surface area contributed by atoms with Gasteiger partial charge in [-0.25, -0.2) is 0 Å². The van der Waals surface area contributed by atoms with Gasteiger partial charge in [0.25, 0.3) is 0 Å². The van der Waals surface area contributed by atoms with Crippen LogP contribution >= 0.6 is 0 Å². The summed E-state index contributed by atoms with van der Waals surface area (Å²) in [6.45, 7) is 3.23. The molecule has 0 aliphatic heterocycles. The summed E-state index contributed by atoms with van der Waals surface area (Å²) in [5.74, 6) is -0.404. The first kappa shape index (κ1) is 17.8. The van der Waals surface area contributed by atoms with E-state index in [4.69, 9.17) is 4.74 Å². The normalized spacial score (nSPS) is 11.2. The molecule has 2 aromatic rings. The molecule has 0 aromatic heterocycles. The van der Waals surface area contributed by atoms with Crippen molar-refractivity contribution in [1.29, 1.82) is 0 Å². The highest BCUT2D eigenvalue weighted by Gasteiger charge is 2.34. The van der Waals surface area contributed by atoms with Gasteiger partial charge in [0.05, 0.1) is 5.56 Å². The van der Waals surface area contributed by atoms with E-state index >= 15 is 0 Å². The second kappa shape index (κ2) is 7.38. The molecule has 3 nitrogen and oxygen atoms in total. The summed E-state index contributed by atoms with van der Waals surface area (Å²) in [5, 5.41) is 2.71. The van der Waals surface area contributed by atoms with Crippen LogP contribution in [0.5, 0.6) is 5.75 Å².